The number of benzene rings is 1. The molecule has 0 saturated carbocycles. The lowest BCUT2D eigenvalue weighted by Gasteiger charge is -2.13. The second-order valence-electron chi connectivity index (χ2n) is 4.18. The summed E-state index contributed by atoms with van der Waals surface area (Å²) in [6.07, 6.45) is 8.89. The molecular weight excluding hydrogens is 252 g/mol. The fourth-order valence-corrected chi connectivity index (χ4v) is 1.85. The van der Waals surface area contributed by atoms with Crippen molar-refractivity contribution in [2.45, 2.75) is 0 Å². The van der Waals surface area contributed by atoms with E-state index in [4.69, 9.17) is 9.47 Å². The molecule has 1 aliphatic rings. The lowest BCUT2D eigenvalue weighted by Crippen LogP contribution is -2.09. The molecule has 1 aromatic rings. The Kier molecular flexibility index (Phi) is 4.56. The average molecular weight is 268 g/mol. The van der Waals surface area contributed by atoms with E-state index in [2.05, 4.69) is 0 Å². The molecule has 0 saturated heterocycles. The fraction of sp³-hybridized carbons (Fsp3) is 0.118. The van der Waals surface area contributed by atoms with Gasteiger partial charge in [-0.2, -0.15) is 0 Å². The van der Waals surface area contributed by atoms with Crippen LogP contribution in [0, 0.1) is 0 Å². The summed E-state index contributed by atoms with van der Waals surface area (Å²) in [5, 5.41) is 0. The third-order valence-corrected chi connectivity index (χ3v) is 2.88. The Labute approximate surface area is 118 Å². The van der Waals surface area contributed by atoms with E-state index in [1.54, 1.807) is 13.2 Å². The molecule has 3 heteroatoms. The highest BCUT2D eigenvalue weighted by atomic mass is 16.5. The number of hydrogen-bond acceptors (Lipinski definition) is 3. The normalized spacial score (nSPS) is 17.1. The van der Waals surface area contributed by atoms with Crippen LogP contribution in [-0.2, 0) is 14.3 Å². The summed E-state index contributed by atoms with van der Waals surface area (Å²) in [5.41, 5.74) is 1.91. The minimum absolute atomic E-state index is 0.187. The molecule has 0 spiro atoms. The van der Waals surface area contributed by atoms with Crippen molar-refractivity contribution in [1.29, 1.82) is 0 Å². The van der Waals surface area contributed by atoms with Crippen LogP contribution < -0.4 is 0 Å². The van der Waals surface area contributed by atoms with Crippen LogP contribution in [0.5, 0.6) is 0 Å². The van der Waals surface area contributed by atoms with Crippen LogP contribution in [0.25, 0.3) is 6.08 Å². The third-order valence-electron chi connectivity index (χ3n) is 2.88. The Morgan fingerprint density at radius 2 is 1.65 bits per heavy atom. The number of rotatable bonds is 4. The Balaban J connectivity index is 2.23. The first kappa shape index (κ1) is 13.9. The second kappa shape index (κ2) is 6.57. The number of carbonyl (C=O) groups excluding carboxylic acids is 1. The van der Waals surface area contributed by atoms with Crippen molar-refractivity contribution in [3.63, 3.8) is 0 Å². The number of ether oxygens (including phenoxy) is 2. The Hall–Kier alpha value is -2.55. The summed E-state index contributed by atoms with van der Waals surface area (Å²) in [4.78, 5) is 11.6. The highest BCUT2D eigenvalue weighted by Gasteiger charge is 2.18. The van der Waals surface area contributed by atoms with E-state index >= 15 is 0 Å². The zero-order chi connectivity index (χ0) is 14.4. The van der Waals surface area contributed by atoms with E-state index in [9.17, 15) is 4.79 Å². The lowest BCUT2D eigenvalue weighted by molar-refractivity contribution is -0.114. The van der Waals surface area contributed by atoms with Gasteiger partial charge in [-0.3, -0.25) is 4.79 Å². The van der Waals surface area contributed by atoms with E-state index in [1.165, 1.54) is 13.2 Å². The van der Waals surface area contributed by atoms with Crippen LogP contribution in [-0.4, -0.2) is 20.0 Å². The minimum atomic E-state index is -0.187. The second-order valence-corrected chi connectivity index (χ2v) is 4.18. The van der Waals surface area contributed by atoms with Gasteiger partial charge in [-0.1, -0.05) is 48.6 Å². The zero-order valence-corrected chi connectivity index (χ0v) is 11.5. The van der Waals surface area contributed by atoms with Crippen molar-refractivity contribution < 1.29 is 14.3 Å². The standard InChI is InChI=1S/C17H16O3/c1-19-16-12-15(18)17(20-2)11-14(16)10-6-9-13-7-4-3-5-8-13/h3-12H,1-2H3/b9-6-,14-10+. The molecule has 1 aromatic carbocycles. The van der Waals surface area contributed by atoms with Gasteiger partial charge >= 0.3 is 0 Å². The summed E-state index contributed by atoms with van der Waals surface area (Å²) in [6, 6.07) is 9.97. The van der Waals surface area contributed by atoms with E-state index in [1.807, 2.05) is 48.6 Å². The van der Waals surface area contributed by atoms with Crippen molar-refractivity contribution in [3.8, 4) is 0 Å². The van der Waals surface area contributed by atoms with Crippen molar-refractivity contribution in [2.75, 3.05) is 14.2 Å². The minimum Gasteiger partial charge on any atom is -0.496 e. The summed E-state index contributed by atoms with van der Waals surface area (Å²) in [6.45, 7) is 0. The van der Waals surface area contributed by atoms with Crippen LogP contribution >= 0.6 is 0 Å². The maximum Gasteiger partial charge on any atom is 0.224 e. The first-order chi connectivity index (χ1) is 9.74. The molecule has 0 fully saturated rings. The molecule has 0 N–H and O–H groups in total. The SMILES string of the molecule is COC1=C/C(=C\C=C/c2ccccc2)C(OC)=CC1=O. The number of ketones is 1. The van der Waals surface area contributed by atoms with Gasteiger partial charge in [0.05, 0.1) is 14.2 Å². The maximum absolute atomic E-state index is 11.6. The van der Waals surface area contributed by atoms with Gasteiger partial charge in [-0.15, -0.1) is 0 Å². The molecule has 0 atom stereocenters. The van der Waals surface area contributed by atoms with Crippen LogP contribution in [0.1, 0.15) is 5.56 Å². The summed E-state index contributed by atoms with van der Waals surface area (Å²) in [7, 11) is 3.02. The summed E-state index contributed by atoms with van der Waals surface area (Å²) < 4.78 is 10.2. The molecule has 1 aliphatic carbocycles. The number of hydrogen-bond donors (Lipinski definition) is 0. The zero-order valence-electron chi connectivity index (χ0n) is 11.5. The van der Waals surface area contributed by atoms with Crippen LogP contribution in [0.4, 0.5) is 0 Å². The van der Waals surface area contributed by atoms with E-state index in [-0.39, 0.29) is 5.78 Å². The first-order valence-electron chi connectivity index (χ1n) is 6.24. The van der Waals surface area contributed by atoms with Gasteiger partial charge in [0.2, 0.25) is 5.78 Å². The average Bonchev–Trinajstić information content (AvgIpc) is 2.49. The molecule has 0 bridgehead atoms. The van der Waals surface area contributed by atoms with Gasteiger partial charge in [0.15, 0.2) is 5.76 Å². The van der Waals surface area contributed by atoms with Crippen LogP contribution in [0.2, 0.25) is 0 Å². The Morgan fingerprint density at radius 3 is 2.30 bits per heavy atom. The highest BCUT2D eigenvalue weighted by molar-refractivity contribution is 6.05. The highest BCUT2D eigenvalue weighted by Crippen LogP contribution is 2.21. The van der Waals surface area contributed by atoms with Crippen molar-refractivity contribution in [3.05, 3.63) is 77.3 Å². The molecule has 2 rings (SSSR count). The third kappa shape index (κ3) is 3.26. The van der Waals surface area contributed by atoms with E-state index in [0.717, 1.165) is 11.1 Å². The largest absolute Gasteiger partial charge is 0.496 e. The van der Waals surface area contributed by atoms with Crippen molar-refractivity contribution >= 4 is 11.9 Å². The molecule has 0 aromatic heterocycles. The molecule has 0 amide bonds. The van der Waals surface area contributed by atoms with Gasteiger partial charge < -0.3 is 9.47 Å². The summed E-state index contributed by atoms with van der Waals surface area (Å²) in [5.74, 6) is 0.659. The quantitative estimate of drug-likeness (QED) is 0.840. The molecule has 102 valence electrons. The molecule has 0 unspecified atom stereocenters. The fourth-order valence-electron chi connectivity index (χ4n) is 1.85. The molecule has 0 radical (unpaired) electrons. The van der Waals surface area contributed by atoms with Gasteiger partial charge in [0.1, 0.15) is 5.76 Å². The smallest absolute Gasteiger partial charge is 0.224 e. The monoisotopic (exact) mass is 268 g/mol. The molecule has 3 nitrogen and oxygen atoms in total. The topological polar surface area (TPSA) is 35.5 Å². The Bertz CT molecular complexity index is 604. The molecular formula is C17H16O3. The van der Waals surface area contributed by atoms with Crippen molar-refractivity contribution in [2.24, 2.45) is 0 Å². The summed E-state index contributed by atoms with van der Waals surface area (Å²) >= 11 is 0. The predicted molar refractivity (Wildman–Crippen MR) is 78.8 cm³/mol. The molecule has 0 aliphatic heterocycles. The van der Waals surface area contributed by atoms with E-state index < -0.39 is 0 Å². The van der Waals surface area contributed by atoms with Crippen molar-refractivity contribution in [1.82, 2.24) is 0 Å². The van der Waals surface area contributed by atoms with Gasteiger partial charge in [-0.05, 0) is 11.6 Å². The lowest BCUT2D eigenvalue weighted by atomic mass is 10.0. The first-order valence-corrected chi connectivity index (χ1v) is 6.24. The van der Waals surface area contributed by atoms with Crippen LogP contribution in [0.15, 0.2) is 71.7 Å². The molecule has 0 heterocycles. The van der Waals surface area contributed by atoms with Gasteiger partial charge in [0.25, 0.3) is 0 Å². The number of carbonyl (C=O) groups is 1. The van der Waals surface area contributed by atoms with Gasteiger partial charge in [-0.25, -0.2) is 0 Å². The maximum atomic E-state index is 11.6. The van der Waals surface area contributed by atoms with Gasteiger partial charge in [0, 0.05) is 11.6 Å². The predicted octanol–water partition coefficient (Wildman–Crippen LogP) is 3.27. The van der Waals surface area contributed by atoms with Crippen LogP contribution in [0.3, 0.4) is 0 Å². The molecule has 20 heavy (non-hydrogen) atoms. The number of allylic oxidation sites excluding steroid dienone is 4. The number of methoxy groups -OCH3 is 2. The Morgan fingerprint density at radius 1 is 0.950 bits per heavy atom. The van der Waals surface area contributed by atoms with E-state index in [0.29, 0.717) is 11.5 Å².